The second kappa shape index (κ2) is 4.84. The van der Waals surface area contributed by atoms with Gasteiger partial charge in [0.25, 0.3) is 0 Å². The molecule has 0 aromatic rings. The molecule has 1 atom stereocenters. The lowest BCUT2D eigenvalue weighted by Gasteiger charge is -2.21. The van der Waals surface area contributed by atoms with E-state index in [0.29, 0.717) is 6.54 Å². The predicted molar refractivity (Wildman–Crippen MR) is 57.9 cm³/mol. The molecule has 4 nitrogen and oxygen atoms in total. The van der Waals surface area contributed by atoms with Crippen LogP contribution >= 0.6 is 0 Å². The number of hydrogen-bond donors (Lipinski definition) is 2. The van der Waals surface area contributed by atoms with Gasteiger partial charge < -0.3 is 15.1 Å². The zero-order valence-electron chi connectivity index (χ0n) is 9.57. The lowest BCUT2D eigenvalue weighted by Crippen LogP contribution is -2.34. The van der Waals surface area contributed by atoms with Gasteiger partial charge in [-0.2, -0.15) is 0 Å². The second-order valence-electron chi connectivity index (χ2n) is 5.15. The van der Waals surface area contributed by atoms with Crippen molar-refractivity contribution in [3.63, 3.8) is 0 Å². The van der Waals surface area contributed by atoms with Crippen molar-refractivity contribution in [1.82, 2.24) is 4.90 Å². The van der Waals surface area contributed by atoms with E-state index in [1.165, 1.54) is 0 Å². The molecule has 0 bridgehead atoms. The third-order valence-corrected chi connectivity index (χ3v) is 3.02. The van der Waals surface area contributed by atoms with Crippen LogP contribution in [0.2, 0.25) is 0 Å². The Morgan fingerprint density at radius 2 is 2.13 bits per heavy atom. The van der Waals surface area contributed by atoms with Gasteiger partial charge in [0.05, 0.1) is 0 Å². The van der Waals surface area contributed by atoms with E-state index >= 15 is 0 Å². The third kappa shape index (κ3) is 3.38. The smallest absolute Gasteiger partial charge is 0.407 e. The molecule has 88 valence electrons. The fourth-order valence-corrected chi connectivity index (χ4v) is 2.38. The van der Waals surface area contributed by atoms with Crippen molar-refractivity contribution < 1.29 is 15.0 Å². The Morgan fingerprint density at radius 3 is 2.67 bits per heavy atom. The minimum absolute atomic E-state index is 0.0995. The van der Waals surface area contributed by atoms with Crippen LogP contribution in [0.5, 0.6) is 0 Å². The number of amides is 1. The molecule has 0 spiro atoms. The third-order valence-electron chi connectivity index (χ3n) is 3.02. The number of unbranched alkanes of at least 4 members (excludes halogenated alkanes) is 1. The maximum absolute atomic E-state index is 11.0. The molecule has 0 radical (unpaired) electrons. The molecule has 0 saturated carbocycles. The Labute approximate surface area is 90.9 Å². The summed E-state index contributed by atoms with van der Waals surface area (Å²) in [6.45, 7) is 5.04. The number of nitrogens with zero attached hydrogens (tertiary/aromatic N) is 1. The molecule has 1 rings (SSSR count). The Hall–Kier alpha value is -0.770. The molecule has 0 aromatic carbocycles. The molecule has 1 aliphatic heterocycles. The first kappa shape index (κ1) is 12.3. The van der Waals surface area contributed by atoms with E-state index in [2.05, 4.69) is 13.8 Å². The lowest BCUT2D eigenvalue weighted by atomic mass is 9.89. The summed E-state index contributed by atoms with van der Waals surface area (Å²) >= 11 is 0. The quantitative estimate of drug-likeness (QED) is 0.704. The van der Waals surface area contributed by atoms with Gasteiger partial charge >= 0.3 is 6.09 Å². The maximum atomic E-state index is 11.0. The molecule has 1 heterocycles. The molecular formula is C11H21NO3. The summed E-state index contributed by atoms with van der Waals surface area (Å²) in [5.74, 6) is 0. The van der Waals surface area contributed by atoms with Gasteiger partial charge in [-0.1, -0.05) is 13.8 Å². The topological polar surface area (TPSA) is 60.8 Å². The van der Waals surface area contributed by atoms with Crippen LogP contribution in [0.25, 0.3) is 0 Å². The molecule has 1 saturated heterocycles. The molecule has 1 aliphatic rings. The van der Waals surface area contributed by atoms with Crippen molar-refractivity contribution in [1.29, 1.82) is 0 Å². The van der Waals surface area contributed by atoms with Crippen molar-refractivity contribution in [2.75, 3.05) is 13.2 Å². The van der Waals surface area contributed by atoms with Gasteiger partial charge in [0.2, 0.25) is 0 Å². The van der Waals surface area contributed by atoms with Crippen molar-refractivity contribution >= 4 is 6.09 Å². The van der Waals surface area contributed by atoms with Crippen molar-refractivity contribution in [3.05, 3.63) is 0 Å². The van der Waals surface area contributed by atoms with Gasteiger partial charge in [-0.25, -0.2) is 4.79 Å². The summed E-state index contributed by atoms with van der Waals surface area (Å²) in [6, 6.07) is 0.143. The molecule has 4 heteroatoms. The van der Waals surface area contributed by atoms with Gasteiger partial charge in [-0.3, -0.25) is 0 Å². The van der Waals surface area contributed by atoms with Gasteiger partial charge in [0.15, 0.2) is 0 Å². The minimum Gasteiger partial charge on any atom is -0.465 e. The van der Waals surface area contributed by atoms with Crippen LogP contribution in [0, 0.1) is 5.41 Å². The standard InChI is InChI=1S/C11H21NO3/c1-11(2)7-9(5-3-4-6-13)12(8-11)10(14)15/h9,13H,3-8H2,1-2H3,(H,14,15). The Morgan fingerprint density at radius 1 is 1.47 bits per heavy atom. The second-order valence-corrected chi connectivity index (χ2v) is 5.15. The zero-order valence-corrected chi connectivity index (χ0v) is 9.57. The van der Waals surface area contributed by atoms with Crippen LogP contribution < -0.4 is 0 Å². The minimum atomic E-state index is -0.811. The van der Waals surface area contributed by atoms with Gasteiger partial charge in [-0.05, 0) is 31.1 Å². The molecule has 0 aliphatic carbocycles. The summed E-state index contributed by atoms with van der Waals surface area (Å²) in [4.78, 5) is 12.6. The highest BCUT2D eigenvalue weighted by atomic mass is 16.4. The molecule has 1 unspecified atom stereocenters. The highest BCUT2D eigenvalue weighted by molar-refractivity contribution is 5.66. The Kier molecular flexibility index (Phi) is 3.97. The predicted octanol–water partition coefficient (Wildman–Crippen LogP) is 1.93. The van der Waals surface area contributed by atoms with E-state index in [0.717, 1.165) is 25.7 Å². The number of aliphatic hydroxyl groups excluding tert-OH is 1. The van der Waals surface area contributed by atoms with Crippen LogP contribution in [0.15, 0.2) is 0 Å². The first-order valence-corrected chi connectivity index (χ1v) is 5.57. The largest absolute Gasteiger partial charge is 0.465 e. The molecule has 0 aromatic heterocycles. The van der Waals surface area contributed by atoms with Crippen LogP contribution in [-0.2, 0) is 0 Å². The molecule has 1 fully saturated rings. The number of carboxylic acid groups (broad SMARTS) is 1. The van der Waals surface area contributed by atoms with Crippen LogP contribution in [0.1, 0.15) is 39.5 Å². The zero-order chi connectivity index (χ0) is 11.5. The summed E-state index contributed by atoms with van der Waals surface area (Å²) < 4.78 is 0. The summed E-state index contributed by atoms with van der Waals surface area (Å²) in [6.07, 6.45) is 2.67. The number of carbonyl (C=O) groups is 1. The highest BCUT2D eigenvalue weighted by Crippen LogP contribution is 2.35. The molecule has 15 heavy (non-hydrogen) atoms. The van der Waals surface area contributed by atoms with E-state index < -0.39 is 6.09 Å². The fourth-order valence-electron chi connectivity index (χ4n) is 2.38. The summed E-state index contributed by atoms with van der Waals surface area (Å²) in [7, 11) is 0. The summed E-state index contributed by atoms with van der Waals surface area (Å²) in [5.41, 5.74) is 0.0995. The van der Waals surface area contributed by atoms with E-state index in [1.54, 1.807) is 4.90 Å². The van der Waals surface area contributed by atoms with E-state index in [4.69, 9.17) is 10.2 Å². The van der Waals surface area contributed by atoms with E-state index in [9.17, 15) is 4.79 Å². The number of hydrogen-bond acceptors (Lipinski definition) is 2. The van der Waals surface area contributed by atoms with Crippen molar-refractivity contribution in [2.45, 2.75) is 45.6 Å². The van der Waals surface area contributed by atoms with E-state index in [-0.39, 0.29) is 18.1 Å². The van der Waals surface area contributed by atoms with Gasteiger partial charge in [0.1, 0.15) is 0 Å². The monoisotopic (exact) mass is 215 g/mol. The fraction of sp³-hybridized carbons (Fsp3) is 0.909. The van der Waals surface area contributed by atoms with Crippen LogP contribution in [-0.4, -0.2) is 40.4 Å². The summed E-state index contributed by atoms with van der Waals surface area (Å²) in [5, 5.41) is 17.7. The van der Waals surface area contributed by atoms with Crippen LogP contribution in [0.4, 0.5) is 4.79 Å². The van der Waals surface area contributed by atoms with E-state index in [1.807, 2.05) is 0 Å². The number of likely N-dealkylation sites (tertiary alicyclic amines) is 1. The number of rotatable bonds is 4. The molecule has 1 amide bonds. The highest BCUT2D eigenvalue weighted by Gasteiger charge is 2.39. The first-order valence-electron chi connectivity index (χ1n) is 5.57. The van der Waals surface area contributed by atoms with Crippen molar-refractivity contribution in [2.24, 2.45) is 5.41 Å². The average molecular weight is 215 g/mol. The lowest BCUT2D eigenvalue weighted by molar-refractivity contribution is 0.134. The Bertz CT molecular complexity index is 228. The van der Waals surface area contributed by atoms with Crippen molar-refractivity contribution in [3.8, 4) is 0 Å². The molecule has 2 N–H and O–H groups in total. The SMILES string of the molecule is CC1(C)CC(CCCCO)N(C(=O)O)C1. The average Bonchev–Trinajstić information content (AvgIpc) is 2.42. The van der Waals surface area contributed by atoms with Crippen LogP contribution in [0.3, 0.4) is 0 Å². The normalized spacial score (nSPS) is 24.5. The molecular weight excluding hydrogens is 194 g/mol. The Balaban J connectivity index is 2.49. The first-order chi connectivity index (χ1) is 6.96. The van der Waals surface area contributed by atoms with Gasteiger partial charge in [-0.15, -0.1) is 0 Å². The van der Waals surface area contributed by atoms with Gasteiger partial charge in [0, 0.05) is 19.2 Å². The maximum Gasteiger partial charge on any atom is 0.407 e. The number of aliphatic hydroxyl groups is 1.